The Balaban J connectivity index is 1.99. The standard InChI is InChI=1S/C12H19N3O/c1-2-7-15-11(4-6-14-15)12(16)8-10-3-5-13-9-10/h4,6,10,13H,2-3,5,7-9H2,1H3. The van der Waals surface area contributed by atoms with Crippen molar-refractivity contribution in [1.82, 2.24) is 15.1 Å². The summed E-state index contributed by atoms with van der Waals surface area (Å²) in [7, 11) is 0. The monoisotopic (exact) mass is 221 g/mol. The van der Waals surface area contributed by atoms with Crippen molar-refractivity contribution in [2.75, 3.05) is 13.1 Å². The van der Waals surface area contributed by atoms with Crippen molar-refractivity contribution >= 4 is 5.78 Å². The summed E-state index contributed by atoms with van der Waals surface area (Å²) in [6.07, 6.45) is 4.50. The number of carbonyl (C=O) groups is 1. The van der Waals surface area contributed by atoms with E-state index in [0.29, 0.717) is 12.3 Å². The highest BCUT2D eigenvalue weighted by Crippen LogP contribution is 2.16. The number of rotatable bonds is 5. The van der Waals surface area contributed by atoms with Crippen LogP contribution in [0.2, 0.25) is 0 Å². The van der Waals surface area contributed by atoms with Gasteiger partial charge in [-0.1, -0.05) is 6.92 Å². The molecule has 1 aliphatic rings. The molecular weight excluding hydrogens is 202 g/mol. The summed E-state index contributed by atoms with van der Waals surface area (Å²) in [4.78, 5) is 12.1. The Bertz CT molecular complexity index is 353. The van der Waals surface area contributed by atoms with Crippen LogP contribution in [0.25, 0.3) is 0 Å². The van der Waals surface area contributed by atoms with Crippen LogP contribution in [-0.4, -0.2) is 28.7 Å². The highest BCUT2D eigenvalue weighted by atomic mass is 16.1. The molecule has 88 valence electrons. The molecule has 0 bridgehead atoms. The van der Waals surface area contributed by atoms with Crippen molar-refractivity contribution in [3.8, 4) is 0 Å². The second-order valence-corrected chi connectivity index (χ2v) is 4.43. The lowest BCUT2D eigenvalue weighted by Crippen LogP contribution is -2.16. The smallest absolute Gasteiger partial charge is 0.181 e. The van der Waals surface area contributed by atoms with Crippen LogP contribution in [0.1, 0.15) is 36.7 Å². The van der Waals surface area contributed by atoms with Gasteiger partial charge in [-0.3, -0.25) is 9.48 Å². The van der Waals surface area contributed by atoms with E-state index in [9.17, 15) is 4.79 Å². The van der Waals surface area contributed by atoms with Crippen LogP contribution in [0, 0.1) is 5.92 Å². The number of aryl methyl sites for hydroxylation is 1. The third-order valence-electron chi connectivity index (χ3n) is 3.07. The number of nitrogens with zero attached hydrogens (tertiary/aromatic N) is 2. The van der Waals surface area contributed by atoms with Crippen LogP contribution >= 0.6 is 0 Å². The molecule has 1 unspecified atom stereocenters. The Kier molecular flexibility index (Phi) is 3.72. The van der Waals surface area contributed by atoms with Gasteiger partial charge in [0.05, 0.1) is 0 Å². The second-order valence-electron chi connectivity index (χ2n) is 4.43. The van der Waals surface area contributed by atoms with Crippen LogP contribution in [-0.2, 0) is 6.54 Å². The van der Waals surface area contributed by atoms with Crippen molar-refractivity contribution in [3.63, 3.8) is 0 Å². The molecule has 16 heavy (non-hydrogen) atoms. The molecule has 1 N–H and O–H groups in total. The van der Waals surface area contributed by atoms with E-state index in [1.807, 2.05) is 10.7 Å². The molecular formula is C12H19N3O. The van der Waals surface area contributed by atoms with E-state index in [4.69, 9.17) is 0 Å². The third-order valence-corrected chi connectivity index (χ3v) is 3.07. The molecule has 1 saturated heterocycles. The zero-order chi connectivity index (χ0) is 11.4. The maximum atomic E-state index is 12.1. The van der Waals surface area contributed by atoms with Crippen molar-refractivity contribution in [1.29, 1.82) is 0 Å². The first-order valence-corrected chi connectivity index (χ1v) is 6.07. The van der Waals surface area contributed by atoms with Crippen molar-refractivity contribution in [2.45, 2.75) is 32.7 Å². The Morgan fingerprint density at radius 3 is 3.25 bits per heavy atom. The molecule has 0 spiro atoms. The fourth-order valence-electron chi connectivity index (χ4n) is 2.21. The highest BCUT2D eigenvalue weighted by molar-refractivity contribution is 5.94. The first-order valence-electron chi connectivity index (χ1n) is 6.07. The summed E-state index contributed by atoms with van der Waals surface area (Å²) >= 11 is 0. The summed E-state index contributed by atoms with van der Waals surface area (Å²) in [5, 5.41) is 7.47. The van der Waals surface area contributed by atoms with E-state index < -0.39 is 0 Å². The van der Waals surface area contributed by atoms with Crippen LogP contribution in [0.5, 0.6) is 0 Å². The SMILES string of the molecule is CCCn1nccc1C(=O)CC1CCNC1. The van der Waals surface area contributed by atoms with Gasteiger partial charge in [0.15, 0.2) is 5.78 Å². The number of aromatic nitrogens is 2. The van der Waals surface area contributed by atoms with Crippen molar-refractivity contribution in [2.24, 2.45) is 5.92 Å². The summed E-state index contributed by atoms with van der Waals surface area (Å²) in [6, 6.07) is 1.83. The molecule has 1 atom stereocenters. The number of Topliss-reactive ketones (excluding diaryl/α,β-unsaturated/α-hetero) is 1. The van der Waals surface area contributed by atoms with Crippen LogP contribution in [0.3, 0.4) is 0 Å². The van der Waals surface area contributed by atoms with E-state index in [1.165, 1.54) is 0 Å². The summed E-state index contributed by atoms with van der Waals surface area (Å²) in [5.41, 5.74) is 0.772. The fraction of sp³-hybridized carbons (Fsp3) is 0.667. The largest absolute Gasteiger partial charge is 0.316 e. The predicted octanol–water partition coefficient (Wildman–Crippen LogP) is 1.48. The molecule has 1 fully saturated rings. The van der Waals surface area contributed by atoms with Gasteiger partial charge in [0, 0.05) is 19.2 Å². The molecule has 0 radical (unpaired) electrons. The van der Waals surface area contributed by atoms with Crippen molar-refractivity contribution in [3.05, 3.63) is 18.0 Å². The van der Waals surface area contributed by atoms with Crippen molar-refractivity contribution < 1.29 is 4.79 Å². The Labute approximate surface area is 96.0 Å². The average Bonchev–Trinajstić information content (AvgIpc) is 2.89. The first kappa shape index (κ1) is 11.3. The van der Waals surface area contributed by atoms with Gasteiger partial charge < -0.3 is 5.32 Å². The summed E-state index contributed by atoms with van der Waals surface area (Å²) in [6.45, 7) is 4.95. The zero-order valence-electron chi connectivity index (χ0n) is 9.78. The van der Waals surface area contributed by atoms with Gasteiger partial charge in [-0.25, -0.2) is 0 Å². The molecule has 2 heterocycles. The molecule has 4 heteroatoms. The van der Waals surface area contributed by atoms with Gasteiger partial charge in [0.25, 0.3) is 0 Å². The fourth-order valence-corrected chi connectivity index (χ4v) is 2.21. The average molecular weight is 221 g/mol. The minimum absolute atomic E-state index is 0.236. The number of hydrogen-bond donors (Lipinski definition) is 1. The molecule has 1 aromatic heterocycles. The Hall–Kier alpha value is -1.16. The highest BCUT2D eigenvalue weighted by Gasteiger charge is 2.20. The first-order chi connectivity index (χ1) is 7.81. The number of hydrogen-bond acceptors (Lipinski definition) is 3. The van der Waals surface area contributed by atoms with Gasteiger partial charge in [-0.15, -0.1) is 0 Å². The predicted molar refractivity (Wildman–Crippen MR) is 62.4 cm³/mol. The molecule has 0 saturated carbocycles. The quantitative estimate of drug-likeness (QED) is 0.766. The second kappa shape index (κ2) is 5.25. The lowest BCUT2D eigenvalue weighted by Gasteiger charge is -2.08. The minimum atomic E-state index is 0.236. The number of carbonyl (C=O) groups excluding carboxylic acids is 1. The molecule has 0 aliphatic carbocycles. The third kappa shape index (κ3) is 2.50. The van der Waals surface area contributed by atoms with E-state index in [1.54, 1.807) is 6.20 Å². The van der Waals surface area contributed by atoms with Gasteiger partial charge in [-0.2, -0.15) is 5.10 Å². The normalized spacial score (nSPS) is 20.2. The summed E-state index contributed by atoms with van der Waals surface area (Å²) < 4.78 is 1.82. The number of ketones is 1. The van der Waals surface area contributed by atoms with E-state index in [2.05, 4.69) is 17.3 Å². The van der Waals surface area contributed by atoms with Crippen LogP contribution < -0.4 is 5.32 Å². The zero-order valence-corrected chi connectivity index (χ0v) is 9.78. The van der Waals surface area contributed by atoms with Gasteiger partial charge >= 0.3 is 0 Å². The molecule has 2 rings (SSSR count). The lowest BCUT2D eigenvalue weighted by atomic mass is 10.0. The maximum absolute atomic E-state index is 12.1. The lowest BCUT2D eigenvalue weighted by molar-refractivity contribution is 0.0953. The van der Waals surface area contributed by atoms with E-state index in [-0.39, 0.29) is 5.78 Å². The maximum Gasteiger partial charge on any atom is 0.181 e. The van der Waals surface area contributed by atoms with E-state index in [0.717, 1.165) is 38.2 Å². The van der Waals surface area contributed by atoms with Gasteiger partial charge in [-0.05, 0) is 37.9 Å². The molecule has 1 aromatic rings. The molecule has 0 amide bonds. The minimum Gasteiger partial charge on any atom is -0.316 e. The van der Waals surface area contributed by atoms with Crippen LogP contribution in [0.15, 0.2) is 12.3 Å². The topological polar surface area (TPSA) is 46.9 Å². The Morgan fingerprint density at radius 1 is 1.69 bits per heavy atom. The van der Waals surface area contributed by atoms with Gasteiger partial charge in [0.2, 0.25) is 0 Å². The molecule has 0 aromatic carbocycles. The molecule has 4 nitrogen and oxygen atoms in total. The van der Waals surface area contributed by atoms with E-state index >= 15 is 0 Å². The van der Waals surface area contributed by atoms with Crippen LogP contribution in [0.4, 0.5) is 0 Å². The summed E-state index contributed by atoms with van der Waals surface area (Å²) in [5.74, 6) is 0.747. The molecule has 1 aliphatic heterocycles. The number of nitrogens with one attached hydrogen (secondary N) is 1. The Morgan fingerprint density at radius 2 is 2.56 bits per heavy atom. The van der Waals surface area contributed by atoms with Gasteiger partial charge in [0.1, 0.15) is 5.69 Å².